The molecule has 6 heteroatoms. The van der Waals surface area contributed by atoms with Gasteiger partial charge in [0.25, 0.3) is 0 Å². The number of hydrogen-bond donors (Lipinski definition) is 1. The van der Waals surface area contributed by atoms with Gasteiger partial charge in [0, 0.05) is 29.6 Å². The molecule has 1 aliphatic carbocycles. The fourth-order valence-electron chi connectivity index (χ4n) is 3.83. The van der Waals surface area contributed by atoms with Crippen LogP contribution in [-0.4, -0.2) is 33.6 Å². The molecule has 154 valence electrons. The van der Waals surface area contributed by atoms with Gasteiger partial charge in [0.05, 0.1) is 12.3 Å². The van der Waals surface area contributed by atoms with Crippen LogP contribution in [0, 0.1) is 0 Å². The molecule has 0 bridgehead atoms. The van der Waals surface area contributed by atoms with Gasteiger partial charge in [0.2, 0.25) is 0 Å². The third-order valence-electron chi connectivity index (χ3n) is 5.30. The Labute approximate surface area is 176 Å². The van der Waals surface area contributed by atoms with Gasteiger partial charge in [-0.15, -0.1) is 0 Å². The minimum absolute atomic E-state index is 0.284. The summed E-state index contributed by atoms with van der Waals surface area (Å²) in [7, 11) is 0. The minimum atomic E-state index is -0.410. The number of rotatable bonds is 6. The predicted octanol–water partition coefficient (Wildman–Crippen LogP) is 5.13. The molecule has 1 fully saturated rings. The number of aromatic nitrogens is 3. The Bertz CT molecular complexity index is 987. The summed E-state index contributed by atoms with van der Waals surface area (Å²) in [5, 5.41) is 3.54. The molecular formula is C24H26N4O2. The zero-order valence-corrected chi connectivity index (χ0v) is 17.2. The van der Waals surface area contributed by atoms with Crippen LogP contribution < -0.4 is 5.32 Å². The molecule has 1 aromatic carbocycles. The van der Waals surface area contributed by atoms with Gasteiger partial charge in [-0.05, 0) is 31.9 Å². The first kappa shape index (κ1) is 20.0. The van der Waals surface area contributed by atoms with Crippen molar-refractivity contribution in [2.24, 2.45) is 0 Å². The monoisotopic (exact) mass is 402 g/mol. The standard InChI is InChI=1S/C24H26N4O2/c1-2-30-24(29)20-21(17-10-5-3-6-11-17)27-22(18-12-9-15-25-16-18)28-23(20)26-19-13-7-4-8-14-19/h3,5-6,9-12,15-16,19H,2,4,7-8,13-14H2,1H3,(H,26,27,28). The second-order valence-corrected chi connectivity index (χ2v) is 7.43. The molecule has 6 nitrogen and oxygen atoms in total. The second kappa shape index (κ2) is 9.48. The third-order valence-corrected chi connectivity index (χ3v) is 5.30. The van der Waals surface area contributed by atoms with E-state index in [1.54, 1.807) is 19.3 Å². The molecule has 1 N–H and O–H groups in total. The van der Waals surface area contributed by atoms with Gasteiger partial charge >= 0.3 is 5.97 Å². The topological polar surface area (TPSA) is 77.0 Å². The van der Waals surface area contributed by atoms with Crippen molar-refractivity contribution in [2.75, 3.05) is 11.9 Å². The van der Waals surface area contributed by atoms with Crippen LogP contribution in [0.5, 0.6) is 0 Å². The van der Waals surface area contributed by atoms with Gasteiger partial charge in [-0.1, -0.05) is 49.6 Å². The maximum absolute atomic E-state index is 13.0. The quantitative estimate of drug-likeness (QED) is 0.576. The molecule has 0 saturated heterocycles. The van der Waals surface area contributed by atoms with Crippen LogP contribution in [0.3, 0.4) is 0 Å². The number of ether oxygens (including phenoxy) is 1. The Morgan fingerprint density at radius 1 is 1.03 bits per heavy atom. The van der Waals surface area contributed by atoms with Crippen molar-refractivity contribution in [2.45, 2.75) is 45.1 Å². The van der Waals surface area contributed by atoms with E-state index >= 15 is 0 Å². The molecule has 0 radical (unpaired) electrons. The second-order valence-electron chi connectivity index (χ2n) is 7.43. The van der Waals surface area contributed by atoms with Crippen molar-refractivity contribution in [3.8, 4) is 22.6 Å². The minimum Gasteiger partial charge on any atom is -0.462 e. The molecule has 2 heterocycles. The molecule has 0 unspecified atom stereocenters. The van der Waals surface area contributed by atoms with E-state index in [-0.39, 0.29) is 6.04 Å². The van der Waals surface area contributed by atoms with Gasteiger partial charge in [0.1, 0.15) is 11.4 Å². The number of carbonyl (C=O) groups is 1. The lowest BCUT2D eigenvalue weighted by atomic mass is 9.95. The first-order valence-corrected chi connectivity index (χ1v) is 10.6. The van der Waals surface area contributed by atoms with E-state index in [1.165, 1.54) is 19.3 Å². The Balaban J connectivity index is 1.88. The third kappa shape index (κ3) is 4.48. The van der Waals surface area contributed by atoms with Crippen molar-refractivity contribution >= 4 is 11.8 Å². The lowest BCUT2D eigenvalue weighted by Crippen LogP contribution is -2.25. The van der Waals surface area contributed by atoms with E-state index in [2.05, 4.69) is 10.3 Å². The summed E-state index contributed by atoms with van der Waals surface area (Å²) in [6.45, 7) is 2.10. The summed E-state index contributed by atoms with van der Waals surface area (Å²) in [6.07, 6.45) is 9.19. The SMILES string of the molecule is CCOC(=O)c1c(NC2CCCCC2)nc(-c2cccnc2)nc1-c1ccccc1. The van der Waals surface area contributed by atoms with E-state index < -0.39 is 5.97 Å². The Hall–Kier alpha value is -3.28. The summed E-state index contributed by atoms with van der Waals surface area (Å²) < 4.78 is 5.39. The van der Waals surface area contributed by atoms with Crippen LogP contribution in [0.15, 0.2) is 54.9 Å². The molecule has 4 rings (SSSR count). The van der Waals surface area contributed by atoms with Crippen molar-refractivity contribution in [1.29, 1.82) is 0 Å². The number of pyridine rings is 1. The normalized spacial score (nSPS) is 14.3. The molecule has 0 spiro atoms. The number of benzene rings is 1. The molecule has 0 amide bonds. The summed E-state index contributed by atoms with van der Waals surface area (Å²) in [5.74, 6) is 0.661. The van der Waals surface area contributed by atoms with Crippen molar-refractivity contribution in [3.63, 3.8) is 0 Å². The average molecular weight is 402 g/mol. The molecule has 3 aromatic rings. The highest BCUT2D eigenvalue weighted by atomic mass is 16.5. The highest BCUT2D eigenvalue weighted by Crippen LogP contribution is 2.32. The number of nitrogens with zero attached hydrogens (tertiary/aromatic N) is 3. The molecule has 1 aliphatic rings. The van der Waals surface area contributed by atoms with E-state index in [1.807, 2.05) is 42.5 Å². The van der Waals surface area contributed by atoms with Gasteiger partial charge in [-0.2, -0.15) is 0 Å². The molecule has 2 aromatic heterocycles. The van der Waals surface area contributed by atoms with E-state index in [0.717, 1.165) is 24.0 Å². The maximum Gasteiger partial charge on any atom is 0.344 e. The number of anilines is 1. The molecular weight excluding hydrogens is 376 g/mol. The van der Waals surface area contributed by atoms with Gasteiger partial charge < -0.3 is 10.1 Å². The number of nitrogens with one attached hydrogen (secondary N) is 1. The number of esters is 1. The fourth-order valence-corrected chi connectivity index (χ4v) is 3.83. The lowest BCUT2D eigenvalue weighted by molar-refractivity contribution is 0.0527. The van der Waals surface area contributed by atoms with Gasteiger partial charge in [-0.3, -0.25) is 4.98 Å². The van der Waals surface area contributed by atoms with Crippen LogP contribution in [0.4, 0.5) is 5.82 Å². The zero-order valence-electron chi connectivity index (χ0n) is 17.2. The first-order chi connectivity index (χ1) is 14.8. The van der Waals surface area contributed by atoms with Crippen LogP contribution in [-0.2, 0) is 4.74 Å². The van der Waals surface area contributed by atoms with E-state index in [0.29, 0.717) is 29.5 Å². The van der Waals surface area contributed by atoms with Crippen LogP contribution in [0.1, 0.15) is 49.4 Å². The van der Waals surface area contributed by atoms with Crippen molar-refractivity contribution in [1.82, 2.24) is 15.0 Å². The summed E-state index contributed by atoms with van der Waals surface area (Å²) in [4.78, 5) is 26.7. The number of carbonyl (C=O) groups excluding carboxylic acids is 1. The Morgan fingerprint density at radius 2 is 1.80 bits per heavy atom. The molecule has 0 aliphatic heterocycles. The summed E-state index contributed by atoms with van der Waals surface area (Å²) >= 11 is 0. The molecule has 1 saturated carbocycles. The highest BCUT2D eigenvalue weighted by molar-refractivity contribution is 6.01. The van der Waals surface area contributed by atoms with Crippen LogP contribution in [0.25, 0.3) is 22.6 Å². The van der Waals surface area contributed by atoms with Crippen molar-refractivity contribution < 1.29 is 9.53 Å². The zero-order chi connectivity index (χ0) is 20.8. The number of hydrogen-bond acceptors (Lipinski definition) is 6. The first-order valence-electron chi connectivity index (χ1n) is 10.6. The predicted molar refractivity (Wildman–Crippen MR) is 117 cm³/mol. The van der Waals surface area contributed by atoms with E-state index in [9.17, 15) is 4.79 Å². The Kier molecular flexibility index (Phi) is 6.32. The summed E-state index contributed by atoms with van der Waals surface area (Å²) in [6, 6.07) is 13.8. The fraction of sp³-hybridized carbons (Fsp3) is 0.333. The van der Waals surface area contributed by atoms with Crippen LogP contribution in [0.2, 0.25) is 0 Å². The molecule has 0 atom stereocenters. The van der Waals surface area contributed by atoms with E-state index in [4.69, 9.17) is 14.7 Å². The summed E-state index contributed by atoms with van der Waals surface area (Å²) in [5.41, 5.74) is 2.61. The smallest absolute Gasteiger partial charge is 0.344 e. The van der Waals surface area contributed by atoms with Crippen molar-refractivity contribution in [3.05, 3.63) is 60.4 Å². The Morgan fingerprint density at radius 3 is 2.50 bits per heavy atom. The molecule has 30 heavy (non-hydrogen) atoms. The largest absolute Gasteiger partial charge is 0.462 e. The highest BCUT2D eigenvalue weighted by Gasteiger charge is 2.26. The maximum atomic E-state index is 13.0. The van der Waals surface area contributed by atoms with Gasteiger partial charge in [-0.25, -0.2) is 14.8 Å². The average Bonchev–Trinajstić information content (AvgIpc) is 2.80. The lowest BCUT2D eigenvalue weighted by Gasteiger charge is -2.25. The van der Waals surface area contributed by atoms with Crippen LogP contribution >= 0.6 is 0 Å². The van der Waals surface area contributed by atoms with Gasteiger partial charge in [0.15, 0.2) is 5.82 Å².